The molecule has 0 amide bonds. The maximum atomic E-state index is 13.4. The van der Waals surface area contributed by atoms with Crippen LogP contribution in [0.25, 0.3) is 0 Å². The highest BCUT2D eigenvalue weighted by Crippen LogP contribution is 2.24. The normalized spacial score (nSPS) is 15.5. The van der Waals surface area contributed by atoms with E-state index in [0.717, 1.165) is 56.5 Å². The summed E-state index contributed by atoms with van der Waals surface area (Å²) in [5.74, 6) is 1.41. The van der Waals surface area contributed by atoms with Gasteiger partial charge in [-0.15, -0.1) is 24.0 Å². The summed E-state index contributed by atoms with van der Waals surface area (Å²) in [6.45, 7) is 7.38. The van der Waals surface area contributed by atoms with E-state index in [1.165, 1.54) is 11.6 Å². The van der Waals surface area contributed by atoms with E-state index in [-0.39, 0.29) is 35.8 Å². The van der Waals surface area contributed by atoms with Crippen LogP contribution in [-0.4, -0.2) is 63.9 Å². The molecule has 2 N–H and O–H groups in total. The molecule has 1 atom stereocenters. The number of halogens is 2. The molecule has 0 spiro atoms. The fourth-order valence-electron chi connectivity index (χ4n) is 3.68. The van der Waals surface area contributed by atoms with Crippen molar-refractivity contribution in [3.63, 3.8) is 0 Å². The number of benzene rings is 2. The summed E-state index contributed by atoms with van der Waals surface area (Å²) in [5.41, 5.74) is 2.18. The largest absolute Gasteiger partial charge is 0.497 e. The molecule has 1 aliphatic heterocycles. The van der Waals surface area contributed by atoms with E-state index in [1.54, 1.807) is 19.2 Å². The Bertz CT molecular complexity index is 829. The van der Waals surface area contributed by atoms with Crippen molar-refractivity contribution in [3.8, 4) is 5.75 Å². The topological polar surface area (TPSA) is 58.1 Å². The van der Waals surface area contributed by atoms with Crippen LogP contribution in [0.1, 0.15) is 24.1 Å². The zero-order chi connectivity index (χ0) is 21.9. The highest BCUT2D eigenvalue weighted by atomic mass is 127. The third kappa shape index (κ3) is 8.22. The monoisotopic (exact) mass is 556 g/mol. The first-order valence-corrected chi connectivity index (χ1v) is 10.9. The quantitative estimate of drug-likeness (QED) is 0.281. The molecule has 2 aromatic carbocycles. The van der Waals surface area contributed by atoms with Crippen LogP contribution in [0, 0.1) is 5.82 Å². The van der Waals surface area contributed by atoms with Gasteiger partial charge in [0.25, 0.3) is 0 Å². The summed E-state index contributed by atoms with van der Waals surface area (Å²) in [6.07, 6.45) is 0.730. The van der Waals surface area contributed by atoms with E-state index in [9.17, 15) is 4.39 Å². The highest BCUT2D eigenvalue weighted by Gasteiger charge is 2.22. The number of nitrogens with one attached hydrogen (secondary N) is 2. The van der Waals surface area contributed by atoms with Crippen molar-refractivity contribution in [1.82, 2.24) is 15.5 Å². The molecule has 0 radical (unpaired) electrons. The Kier molecular flexibility index (Phi) is 11.8. The van der Waals surface area contributed by atoms with Crippen LogP contribution < -0.4 is 15.4 Å². The summed E-state index contributed by atoms with van der Waals surface area (Å²) < 4.78 is 24.2. The zero-order valence-corrected chi connectivity index (χ0v) is 21.2. The maximum absolute atomic E-state index is 13.4. The van der Waals surface area contributed by atoms with E-state index < -0.39 is 0 Å². The van der Waals surface area contributed by atoms with Gasteiger partial charge in [0.15, 0.2) is 5.96 Å². The molecule has 176 valence electrons. The lowest BCUT2D eigenvalue weighted by Gasteiger charge is -2.34. The molecule has 1 saturated heterocycles. The van der Waals surface area contributed by atoms with Crippen molar-refractivity contribution in [1.29, 1.82) is 0 Å². The molecule has 2 aromatic rings. The van der Waals surface area contributed by atoms with E-state index >= 15 is 0 Å². The summed E-state index contributed by atoms with van der Waals surface area (Å²) >= 11 is 0. The number of nitrogens with zero attached hydrogens (tertiary/aromatic N) is 2. The summed E-state index contributed by atoms with van der Waals surface area (Å²) in [5, 5.41) is 6.68. The van der Waals surface area contributed by atoms with Crippen molar-refractivity contribution in [2.24, 2.45) is 4.99 Å². The summed E-state index contributed by atoms with van der Waals surface area (Å²) in [7, 11) is 1.68. The first kappa shape index (κ1) is 26.3. The first-order chi connectivity index (χ1) is 15.2. The SMILES string of the molecule is CCNC(=NCC(c1ccc(OC)cc1)N1CCOCC1)NCCc1cccc(F)c1.I. The zero-order valence-electron chi connectivity index (χ0n) is 18.9. The van der Waals surface area contributed by atoms with Crippen molar-refractivity contribution in [3.05, 3.63) is 65.5 Å². The van der Waals surface area contributed by atoms with E-state index in [1.807, 2.05) is 25.1 Å². The standard InChI is InChI=1S/C24H33FN4O2.HI/c1-3-26-24(27-12-11-19-5-4-6-21(25)17-19)28-18-23(29-13-15-31-16-14-29)20-7-9-22(30-2)10-8-20;/h4-10,17,23H,3,11-16,18H2,1-2H3,(H2,26,27,28);1H. The molecule has 0 aliphatic carbocycles. The van der Waals surface area contributed by atoms with Gasteiger partial charge in [-0.05, 0) is 48.7 Å². The number of ether oxygens (including phenoxy) is 2. The number of methoxy groups -OCH3 is 1. The predicted octanol–water partition coefficient (Wildman–Crippen LogP) is 3.62. The van der Waals surface area contributed by atoms with Gasteiger partial charge in [0, 0.05) is 26.2 Å². The number of rotatable bonds is 9. The highest BCUT2D eigenvalue weighted by molar-refractivity contribution is 14.0. The Hall–Kier alpha value is -1.91. The lowest BCUT2D eigenvalue weighted by molar-refractivity contribution is 0.0179. The first-order valence-electron chi connectivity index (χ1n) is 10.9. The second-order valence-electron chi connectivity index (χ2n) is 7.46. The number of aliphatic imine (C=N–C) groups is 1. The lowest BCUT2D eigenvalue weighted by atomic mass is 10.0. The molecule has 0 saturated carbocycles. The van der Waals surface area contributed by atoms with Crippen LogP contribution in [0.3, 0.4) is 0 Å². The van der Waals surface area contributed by atoms with Gasteiger partial charge in [-0.25, -0.2) is 4.39 Å². The van der Waals surface area contributed by atoms with Crippen LogP contribution in [0.5, 0.6) is 5.75 Å². The predicted molar refractivity (Wildman–Crippen MR) is 138 cm³/mol. The average molecular weight is 556 g/mol. The van der Waals surface area contributed by atoms with Gasteiger partial charge in [0.2, 0.25) is 0 Å². The summed E-state index contributed by atoms with van der Waals surface area (Å²) in [4.78, 5) is 7.29. The molecule has 1 unspecified atom stereocenters. The Morgan fingerprint density at radius 1 is 1.16 bits per heavy atom. The van der Waals surface area contributed by atoms with Gasteiger partial charge in [0.1, 0.15) is 11.6 Å². The molecule has 3 rings (SSSR count). The van der Waals surface area contributed by atoms with Crippen LogP contribution >= 0.6 is 24.0 Å². The third-order valence-electron chi connectivity index (χ3n) is 5.35. The van der Waals surface area contributed by atoms with E-state index in [4.69, 9.17) is 14.5 Å². The smallest absolute Gasteiger partial charge is 0.191 e. The molecule has 6 nitrogen and oxygen atoms in total. The fourth-order valence-corrected chi connectivity index (χ4v) is 3.68. The molecule has 0 bridgehead atoms. The third-order valence-corrected chi connectivity index (χ3v) is 5.35. The molecule has 32 heavy (non-hydrogen) atoms. The van der Waals surface area contributed by atoms with Crippen molar-refractivity contribution < 1.29 is 13.9 Å². The fraction of sp³-hybridized carbons (Fsp3) is 0.458. The molecule has 1 fully saturated rings. The Balaban J connectivity index is 0.00000363. The number of hydrogen-bond acceptors (Lipinski definition) is 4. The molecular formula is C24H34FIN4O2. The molecule has 1 heterocycles. The van der Waals surface area contributed by atoms with Crippen LogP contribution in [0.2, 0.25) is 0 Å². The molecule has 8 heteroatoms. The minimum atomic E-state index is -0.203. The van der Waals surface area contributed by atoms with Crippen LogP contribution in [0.15, 0.2) is 53.5 Å². The number of morpholine rings is 1. The Morgan fingerprint density at radius 3 is 2.56 bits per heavy atom. The van der Waals surface area contributed by atoms with Crippen molar-refractivity contribution in [2.45, 2.75) is 19.4 Å². The second kappa shape index (κ2) is 14.3. The summed E-state index contributed by atoms with van der Waals surface area (Å²) in [6, 6.07) is 15.1. The lowest BCUT2D eigenvalue weighted by Crippen LogP contribution is -2.42. The molecular weight excluding hydrogens is 522 g/mol. The number of hydrogen-bond donors (Lipinski definition) is 2. The Labute approximate surface area is 207 Å². The van der Waals surface area contributed by atoms with Gasteiger partial charge >= 0.3 is 0 Å². The molecule has 0 aromatic heterocycles. The minimum Gasteiger partial charge on any atom is -0.497 e. The van der Waals surface area contributed by atoms with Gasteiger partial charge in [0.05, 0.1) is 32.9 Å². The van der Waals surface area contributed by atoms with Gasteiger partial charge in [-0.1, -0.05) is 24.3 Å². The van der Waals surface area contributed by atoms with Crippen molar-refractivity contribution >= 4 is 29.9 Å². The van der Waals surface area contributed by atoms with Crippen LogP contribution in [-0.2, 0) is 11.2 Å². The molecule has 1 aliphatic rings. The van der Waals surface area contributed by atoms with E-state index in [0.29, 0.717) is 13.1 Å². The average Bonchev–Trinajstić information content (AvgIpc) is 2.80. The minimum absolute atomic E-state index is 0. The number of guanidine groups is 1. The van der Waals surface area contributed by atoms with Gasteiger partial charge in [-0.3, -0.25) is 9.89 Å². The Morgan fingerprint density at radius 2 is 1.91 bits per heavy atom. The van der Waals surface area contributed by atoms with Crippen molar-refractivity contribution in [2.75, 3.05) is 53.0 Å². The van der Waals surface area contributed by atoms with Crippen LogP contribution in [0.4, 0.5) is 4.39 Å². The second-order valence-corrected chi connectivity index (χ2v) is 7.46. The van der Waals surface area contributed by atoms with E-state index in [2.05, 4.69) is 27.7 Å². The van der Waals surface area contributed by atoms with Gasteiger partial charge in [-0.2, -0.15) is 0 Å². The maximum Gasteiger partial charge on any atom is 0.191 e. The van der Waals surface area contributed by atoms with Gasteiger partial charge < -0.3 is 20.1 Å².